The third-order valence-corrected chi connectivity index (χ3v) is 5.09. The van der Waals surface area contributed by atoms with Crippen molar-refractivity contribution in [2.45, 2.75) is 51.0 Å². The molecule has 23 heavy (non-hydrogen) atoms. The molecule has 0 spiro atoms. The number of rotatable bonds is 7. The second kappa shape index (κ2) is 7.75. The summed E-state index contributed by atoms with van der Waals surface area (Å²) in [6.45, 7) is 8.76. The fourth-order valence-corrected chi connectivity index (χ4v) is 3.69. The standard InChI is InChI=1S/C17H30N4O2/c1-4-21-8-9-23-15(16(21)17-18-6-7-20(17)3)12-19-13-10-14(11-13)22-5-2/h6-7,13-16,19H,4-5,8-12H2,1-3H3/t13?,14?,15-,16+/m0/s1. The number of aryl methyl sites for hydroxylation is 1. The van der Waals surface area contributed by atoms with Crippen LogP contribution in [-0.4, -0.2) is 65.5 Å². The van der Waals surface area contributed by atoms with E-state index in [1.54, 1.807) is 0 Å². The van der Waals surface area contributed by atoms with E-state index in [1.165, 1.54) is 0 Å². The summed E-state index contributed by atoms with van der Waals surface area (Å²) in [6, 6.07) is 0.790. The van der Waals surface area contributed by atoms with Gasteiger partial charge in [0.2, 0.25) is 0 Å². The lowest BCUT2D eigenvalue weighted by molar-refractivity contribution is -0.0780. The monoisotopic (exact) mass is 322 g/mol. The van der Waals surface area contributed by atoms with Crippen molar-refractivity contribution >= 4 is 0 Å². The Kier molecular flexibility index (Phi) is 5.69. The average molecular weight is 322 g/mol. The summed E-state index contributed by atoms with van der Waals surface area (Å²) >= 11 is 0. The molecule has 0 unspecified atom stereocenters. The lowest BCUT2D eigenvalue weighted by Crippen LogP contribution is -2.53. The Morgan fingerprint density at radius 2 is 2.22 bits per heavy atom. The quantitative estimate of drug-likeness (QED) is 0.821. The predicted molar refractivity (Wildman–Crippen MR) is 89.4 cm³/mol. The molecule has 1 aromatic rings. The second-order valence-electron chi connectivity index (χ2n) is 6.53. The van der Waals surface area contributed by atoms with Crippen LogP contribution in [0.25, 0.3) is 0 Å². The van der Waals surface area contributed by atoms with Gasteiger partial charge in [0.1, 0.15) is 5.82 Å². The highest BCUT2D eigenvalue weighted by Crippen LogP contribution is 2.29. The molecular weight excluding hydrogens is 292 g/mol. The maximum Gasteiger partial charge on any atom is 0.128 e. The fraction of sp³-hybridized carbons (Fsp3) is 0.824. The Balaban J connectivity index is 1.59. The highest BCUT2D eigenvalue weighted by Gasteiger charge is 2.37. The van der Waals surface area contributed by atoms with E-state index in [9.17, 15) is 0 Å². The zero-order valence-electron chi connectivity index (χ0n) is 14.6. The molecule has 0 aromatic carbocycles. The van der Waals surface area contributed by atoms with Gasteiger partial charge >= 0.3 is 0 Å². The van der Waals surface area contributed by atoms with E-state index < -0.39 is 0 Å². The summed E-state index contributed by atoms with van der Waals surface area (Å²) in [6.07, 6.45) is 6.72. The van der Waals surface area contributed by atoms with Gasteiger partial charge in [-0.05, 0) is 26.3 Å². The topological polar surface area (TPSA) is 51.5 Å². The SMILES string of the molecule is CCOC1CC(NC[C@@H]2OCCN(CC)[C@H]2c2nccn2C)C1. The predicted octanol–water partition coefficient (Wildman–Crippen LogP) is 1.34. The lowest BCUT2D eigenvalue weighted by atomic mass is 9.89. The number of likely N-dealkylation sites (N-methyl/N-ethyl adjacent to an activating group) is 1. The van der Waals surface area contributed by atoms with Crippen LogP contribution in [-0.2, 0) is 16.5 Å². The van der Waals surface area contributed by atoms with Crippen molar-refractivity contribution in [3.63, 3.8) is 0 Å². The van der Waals surface area contributed by atoms with E-state index >= 15 is 0 Å². The maximum absolute atomic E-state index is 6.11. The van der Waals surface area contributed by atoms with Gasteiger partial charge in [0.15, 0.2) is 0 Å². The number of hydrogen-bond acceptors (Lipinski definition) is 5. The van der Waals surface area contributed by atoms with Gasteiger partial charge in [-0.1, -0.05) is 6.92 Å². The molecule has 0 bridgehead atoms. The van der Waals surface area contributed by atoms with Gasteiger partial charge in [0.05, 0.1) is 24.9 Å². The van der Waals surface area contributed by atoms with Crippen LogP contribution < -0.4 is 5.32 Å². The summed E-state index contributed by atoms with van der Waals surface area (Å²) in [5, 5.41) is 3.66. The van der Waals surface area contributed by atoms with E-state index in [0.717, 1.165) is 51.5 Å². The van der Waals surface area contributed by atoms with Crippen molar-refractivity contribution in [3.8, 4) is 0 Å². The summed E-state index contributed by atoms with van der Waals surface area (Å²) in [5.74, 6) is 1.10. The number of nitrogens with zero attached hydrogens (tertiary/aromatic N) is 3. The van der Waals surface area contributed by atoms with Gasteiger partial charge in [0.25, 0.3) is 0 Å². The van der Waals surface area contributed by atoms with E-state index in [0.29, 0.717) is 12.1 Å². The Morgan fingerprint density at radius 1 is 1.39 bits per heavy atom. The van der Waals surface area contributed by atoms with Crippen molar-refractivity contribution in [2.24, 2.45) is 7.05 Å². The molecule has 1 aliphatic heterocycles. The van der Waals surface area contributed by atoms with Crippen LogP contribution in [0.4, 0.5) is 0 Å². The van der Waals surface area contributed by atoms with Crippen LogP contribution in [0.5, 0.6) is 0 Å². The van der Waals surface area contributed by atoms with Gasteiger partial charge in [-0.3, -0.25) is 4.90 Å². The molecule has 0 amide bonds. The number of morpholine rings is 1. The molecule has 1 N–H and O–H groups in total. The molecule has 1 aromatic heterocycles. The zero-order chi connectivity index (χ0) is 16.2. The van der Waals surface area contributed by atoms with E-state index in [2.05, 4.69) is 40.7 Å². The van der Waals surface area contributed by atoms with Crippen molar-refractivity contribution in [3.05, 3.63) is 18.2 Å². The van der Waals surface area contributed by atoms with Gasteiger partial charge in [-0.2, -0.15) is 0 Å². The number of hydrogen-bond donors (Lipinski definition) is 1. The highest BCUT2D eigenvalue weighted by atomic mass is 16.5. The average Bonchev–Trinajstić information content (AvgIpc) is 2.94. The summed E-state index contributed by atoms with van der Waals surface area (Å²) in [4.78, 5) is 7.05. The Hall–Kier alpha value is -0.950. The number of nitrogens with one attached hydrogen (secondary N) is 1. The Morgan fingerprint density at radius 3 is 2.87 bits per heavy atom. The molecule has 1 aliphatic carbocycles. The third kappa shape index (κ3) is 3.76. The van der Waals surface area contributed by atoms with Crippen molar-refractivity contribution in [1.29, 1.82) is 0 Å². The van der Waals surface area contributed by atoms with Crippen LogP contribution in [0.3, 0.4) is 0 Å². The summed E-state index contributed by atoms with van der Waals surface area (Å²) in [7, 11) is 2.06. The first-order valence-corrected chi connectivity index (χ1v) is 8.90. The first-order chi connectivity index (χ1) is 11.2. The normalized spacial score (nSPS) is 32.0. The minimum Gasteiger partial charge on any atom is -0.378 e. The molecule has 2 heterocycles. The van der Waals surface area contributed by atoms with Crippen LogP contribution in [0, 0.1) is 0 Å². The molecule has 6 nitrogen and oxygen atoms in total. The molecule has 2 aliphatic rings. The van der Waals surface area contributed by atoms with Crippen LogP contribution in [0.1, 0.15) is 38.6 Å². The number of aromatic nitrogens is 2. The van der Waals surface area contributed by atoms with Gasteiger partial charge in [0, 0.05) is 45.2 Å². The minimum absolute atomic E-state index is 0.149. The maximum atomic E-state index is 6.11. The van der Waals surface area contributed by atoms with Crippen LogP contribution in [0.15, 0.2) is 12.4 Å². The Labute approximate surface area is 139 Å². The Bertz CT molecular complexity index is 487. The molecule has 1 saturated heterocycles. The van der Waals surface area contributed by atoms with Gasteiger partial charge in [-0.15, -0.1) is 0 Å². The first kappa shape index (κ1) is 16.9. The molecule has 130 valence electrons. The molecule has 3 rings (SSSR count). The molecular formula is C17H30N4O2. The number of ether oxygens (including phenoxy) is 2. The molecule has 1 saturated carbocycles. The fourth-order valence-electron chi connectivity index (χ4n) is 3.69. The minimum atomic E-state index is 0.149. The molecule has 2 atom stereocenters. The smallest absolute Gasteiger partial charge is 0.128 e. The van der Waals surface area contributed by atoms with Crippen LogP contribution >= 0.6 is 0 Å². The third-order valence-electron chi connectivity index (χ3n) is 5.09. The van der Waals surface area contributed by atoms with Crippen molar-refractivity contribution < 1.29 is 9.47 Å². The zero-order valence-corrected chi connectivity index (χ0v) is 14.6. The first-order valence-electron chi connectivity index (χ1n) is 8.90. The van der Waals surface area contributed by atoms with Gasteiger partial charge in [-0.25, -0.2) is 4.98 Å². The van der Waals surface area contributed by atoms with E-state index in [-0.39, 0.29) is 12.1 Å². The van der Waals surface area contributed by atoms with Crippen LogP contribution in [0.2, 0.25) is 0 Å². The number of imidazole rings is 1. The largest absolute Gasteiger partial charge is 0.378 e. The second-order valence-corrected chi connectivity index (χ2v) is 6.53. The highest BCUT2D eigenvalue weighted by molar-refractivity contribution is 5.05. The summed E-state index contributed by atoms with van der Waals surface area (Å²) < 4.78 is 13.9. The molecule has 2 fully saturated rings. The van der Waals surface area contributed by atoms with E-state index in [4.69, 9.17) is 9.47 Å². The lowest BCUT2D eigenvalue weighted by Gasteiger charge is -2.42. The van der Waals surface area contributed by atoms with Gasteiger partial charge < -0.3 is 19.4 Å². The van der Waals surface area contributed by atoms with Crippen molar-refractivity contribution in [2.75, 3.05) is 32.8 Å². The molecule has 0 radical (unpaired) electrons. The molecule has 6 heteroatoms. The summed E-state index contributed by atoms with van der Waals surface area (Å²) in [5.41, 5.74) is 0. The van der Waals surface area contributed by atoms with Crippen molar-refractivity contribution in [1.82, 2.24) is 19.8 Å². The van der Waals surface area contributed by atoms with E-state index in [1.807, 2.05) is 12.4 Å².